The molecule has 0 aromatic heterocycles. The minimum absolute atomic E-state index is 0.129. The number of anilines is 1. The van der Waals surface area contributed by atoms with Crippen LogP contribution in [0.2, 0.25) is 0 Å². The monoisotopic (exact) mass is 282 g/mol. The summed E-state index contributed by atoms with van der Waals surface area (Å²) < 4.78 is 4.96. The summed E-state index contributed by atoms with van der Waals surface area (Å²) in [6.45, 7) is 2.21. The minimum atomic E-state index is -1.26. The van der Waals surface area contributed by atoms with Gasteiger partial charge in [0, 0.05) is 19.8 Å². The van der Waals surface area contributed by atoms with Gasteiger partial charge in [0.1, 0.15) is 11.3 Å². The van der Waals surface area contributed by atoms with E-state index in [0.29, 0.717) is 12.3 Å². The van der Waals surface area contributed by atoms with Crippen molar-refractivity contribution in [2.24, 2.45) is 0 Å². The van der Waals surface area contributed by atoms with Gasteiger partial charge in [0.15, 0.2) is 0 Å². The molecular weight excluding hydrogens is 264 g/mol. The molecular formula is C13H18N2O5. The number of urea groups is 1. The van der Waals surface area contributed by atoms with E-state index in [4.69, 9.17) is 9.84 Å². The van der Waals surface area contributed by atoms with Crippen LogP contribution in [-0.4, -0.2) is 53.9 Å². The molecule has 20 heavy (non-hydrogen) atoms. The van der Waals surface area contributed by atoms with Crippen LogP contribution >= 0.6 is 0 Å². The second-order valence-corrected chi connectivity index (χ2v) is 4.38. The average Bonchev–Trinajstić information content (AvgIpc) is 2.39. The summed E-state index contributed by atoms with van der Waals surface area (Å²) in [5.74, 6) is -1.61. The number of carboxylic acids is 1. The first-order chi connectivity index (χ1) is 9.36. The number of nitrogens with one attached hydrogen (secondary N) is 1. The number of hydrogen-bond donors (Lipinski definition) is 3. The van der Waals surface area contributed by atoms with E-state index in [9.17, 15) is 14.7 Å². The van der Waals surface area contributed by atoms with Gasteiger partial charge in [-0.05, 0) is 25.1 Å². The van der Waals surface area contributed by atoms with E-state index in [1.54, 1.807) is 14.2 Å². The molecule has 0 fully saturated rings. The molecule has 1 aromatic carbocycles. The third kappa shape index (κ3) is 3.86. The highest BCUT2D eigenvalue weighted by atomic mass is 16.5. The fraction of sp³-hybridized carbons (Fsp3) is 0.385. The molecule has 1 aromatic rings. The molecule has 7 nitrogen and oxygen atoms in total. The molecule has 1 atom stereocenters. The molecule has 0 saturated heterocycles. The van der Waals surface area contributed by atoms with Crippen LogP contribution in [0.3, 0.4) is 0 Å². The van der Waals surface area contributed by atoms with Gasteiger partial charge in [-0.25, -0.2) is 9.59 Å². The first-order valence-electron chi connectivity index (χ1n) is 5.96. The molecule has 0 bridgehead atoms. The van der Waals surface area contributed by atoms with Gasteiger partial charge in [0.25, 0.3) is 0 Å². The number of nitrogens with zero attached hydrogens (tertiary/aromatic N) is 1. The van der Waals surface area contributed by atoms with Crippen molar-refractivity contribution in [3.63, 3.8) is 0 Å². The summed E-state index contributed by atoms with van der Waals surface area (Å²) in [7, 11) is 3.15. The van der Waals surface area contributed by atoms with Gasteiger partial charge in [0.2, 0.25) is 0 Å². The Morgan fingerprint density at radius 3 is 2.65 bits per heavy atom. The van der Waals surface area contributed by atoms with Crippen LogP contribution in [0.5, 0.6) is 5.75 Å². The summed E-state index contributed by atoms with van der Waals surface area (Å²) in [4.78, 5) is 24.3. The minimum Gasteiger partial charge on any atom is -0.507 e. The number of hydrogen-bond acceptors (Lipinski definition) is 4. The van der Waals surface area contributed by atoms with Gasteiger partial charge in [0.05, 0.1) is 12.6 Å². The summed E-state index contributed by atoms with van der Waals surface area (Å²) in [5.41, 5.74) is 0.0251. The second kappa shape index (κ2) is 6.76. The van der Waals surface area contributed by atoms with Gasteiger partial charge in [-0.15, -0.1) is 0 Å². The van der Waals surface area contributed by atoms with Crippen molar-refractivity contribution in [3.05, 3.63) is 23.8 Å². The molecule has 0 aliphatic rings. The lowest BCUT2D eigenvalue weighted by molar-refractivity contribution is 0.0693. The number of likely N-dealkylation sites (N-methyl/N-ethyl adjacent to an activating group) is 1. The average molecular weight is 282 g/mol. The molecule has 3 N–H and O–H groups in total. The standard InChI is InChI=1S/C13H18N2O5/c1-8(7-20-3)15(2)13(19)14-9-4-5-11(16)10(6-9)12(17)18/h4-6,8,16H,7H2,1-3H3,(H,14,19)(H,17,18). The highest BCUT2D eigenvalue weighted by molar-refractivity contribution is 5.95. The Morgan fingerprint density at radius 1 is 1.45 bits per heavy atom. The Bertz CT molecular complexity index is 504. The molecule has 0 aliphatic carbocycles. The van der Waals surface area contributed by atoms with E-state index in [2.05, 4.69) is 5.32 Å². The molecule has 0 saturated carbocycles. The van der Waals surface area contributed by atoms with Crippen molar-refractivity contribution < 1.29 is 24.5 Å². The number of rotatable bonds is 5. The second-order valence-electron chi connectivity index (χ2n) is 4.38. The van der Waals surface area contributed by atoms with E-state index in [1.807, 2.05) is 6.92 Å². The van der Waals surface area contributed by atoms with Crippen molar-refractivity contribution in [1.29, 1.82) is 0 Å². The number of ether oxygens (including phenoxy) is 1. The zero-order chi connectivity index (χ0) is 15.3. The zero-order valence-corrected chi connectivity index (χ0v) is 11.6. The number of carbonyl (C=O) groups is 2. The predicted molar refractivity (Wildman–Crippen MR) is 73.2 cm³/mol. The van der Waals surface area contributed by atoms with Crippen molar-refractivity contribution >= 4 is 17.7 Å². The number of carbonyl (C=O) groups excluding carboxylic acids is 1. The SMILES string of the molecule is COCC(C)N(C)C(=O)Nc1ccc(O)c(C(=O)O)c1. The van der Waals surface area contributed by atoms with Crippen molar-refractivity contribution in [2.45, 2.75) is 13.0 Å². The smallest absolute Gasteiger partial charge is 0.339 e. The molecule has 1 rings (SSSR count). The highest BCUT2D eigenvalue weighted by Gasteiger charge is 2.17. The van der Waals surface area contributed by atoms with Crippen LogP contribution in [0.25, 0.3) is 0 Å². The number of benzene rings is 1. The Hall–Kier alpha value is -2.28. The number of carboxylic acid groups (broad SMARTS) is 1. The topological polar surface area (TPSA) is 99.1 Å². The van der Waals surface area contributed by atoms with E-state index < -0.39 is 12.0 Å². The lowest BCUT2D eigenvalue weighted by Gasteiger charge is -2.24. The van der Waals surface area contributed by atoms with Crippen LogP contribution in [0, 0.1) is 0 Å². The number of amides is 2. The molecule has 1 unspecified atom stereocenters. The van der Waals surface area contributed by atoms with E-state index >= 15 is 0 Å². The Labute approximate surface area is 116 Å². The fourth-order valence-corrected chi connectivity index (χ4v) is 1.55. The molecule has 110 valence electrons. The first kappa shape index (κ1) is 15.8. The Kier molecular flexibility index (Phi) is 5.33. The summed E-state index contributed by atoms with van der Waals surface area (Å²) >= 11 is 0. The van der Waals surface area contributed by atoms with Crippen molar-refractivity contribution in [1.82, 2.24) is 4.90 Å². The van der Waals surface area contributed by atoms with Gasteiger partial charge < -0.3 is 25.2 Å². The van der Waals surface area contributed by atoms with E-state index in [-0.39, 0.29) is 17.4 Å². The first-order valence-corrected chi connectivity index (χ1v) is 5.96. The molecule has 0 aliphatic heterocycles. The van der Waals surface area contributed by atoms with Gasteiger partial charge >= 0.3 is 12.0 Å². The summed E-state index contributed by atoms with van der Waals surface area (Å²) in [5, 5.41) is 20.8. The highest BCUT2D eigenvalue weighted by Crippen LogP contribution is 2.21. The number of aromatic carboxylic acids is 1. The van der Waals surface area contributed by atoms with Crippen LogP contribution in [0.1, 0.15) is 17.3 Å². The van der Waals surface area contributed by atoms with Crippen molar-refractivity contribution in [2.75, 3.05) is 26.1 Å². The number of phenols is 1. The van der Waals surface area contributed by atoms with Crippen LogP contribution in [0.15, 0.2) is 18.2 Å². The van der Waals surface area contributed by atoms with Gasteiger partial charge in [-0.1, -0.05) is 0 Å². The molecule has 0 radical (unpaired) electrons. The maximum Gasteiger partial charge on any atom is 0.339 e. The number of methoxy groups -OCH3 is 1. The third-order valence-corrected chi connectivity index (χ3v) is 2.87. The molecule has 0 heterocycles. The largest absolute Gasteiger partial charge is 0.507 e. The van der Waals surface area contributed by atoms with E-state index in [1.165, 1.54) is 23.1 Å². The van der Waals surface area contributed by atoms with Crippen molar-refractivity contribution in [3.8, 4) is 5.75 Å². The Balaban J connectivity index is 2.80. The van der Waals surface area contributed by atoms with Crippen LogP contribution < -0.4 is 5.32 Å². The van der Waals surface area contributed by atoms with E-state index in [0.717, 1.165) is 0 Å². The third-order valence-electron chi connectivity index (χ3n) is 2.87. The molecule has 0 spiro atoms. The summed E-state index contributed by atoms with van der Waals surface area (Å²) in [6.07, 6.45) is 0. The molecule has 7 heteroatoms. The quantitative estimate of drug-likeness (QED) is 0.712. The predicted octanol–water partition coefficient (Wildman–Crippen LogP) is 1.59. The Morgan fingerprint density at radius 2 is 2.10 bits per heavy atom. The number of aromatic hydroxyl groups is 1. The lowest BCUT2D eigenvalue weighted by Crippen LogP contribution is -2.40. The molecule has 2 amide bonds. The van der Waals surface area contributed by atoms with Crippen LogP contribution in [0.4, 0.5) is 10.5 Å². The fourth-order valence-electron chi connectivity index (χ4n) is 1.55. The zero-order valence-electron chi connectivity index (χ0n) is 11.6. The van der Waals surface area contributed by atoms with Gasteiger partial charge in [-0.3, -0.25) is 0 Å². The normalized spacial score (nSPS) is 11.8. The maximum absolute atomic E-state index is 11.9. The maximum atomic E-state index is 11.9. The summed E-state index contributed by atoms with van der Waals surface area (Å²) in [6, 6.07) is 3.32. The van der Waals surface area contributed by atoms with Gasteiger partial charge in [-0.2, -0.15) is 0 Å². The van der Waals surface area contributed by atoms with Crippen LogP contribution in [-0.2, 0) is 4.74 Å². The lowest BCUT2D eigenvalue weighted by atomic mass is 10.2.